The van der Waals surface area contributed by atoms with Crippen molar-refractivity contribution in [3.8, 4) is 0 Å². The van der Waals surface area contributed by atoms with Crippen LogP contribution in [0.25, 0.3) is 0 Å². The Morgan fingerprint density at radius 3 is 1.73 bits per heavy atom. The molecule has 0 radical (unpaired) electrons. The van der Waals surface area contributed by atoms with E-state index in [1.54, 1.807) is 0 Å². The maximum absolute atomic E-state index is 12.0. The molecule has 126 valence electrons. The Balaban J connectivity index is 2.25. The van der Waals surface area contributed by atoms with Crippen LogP contribution in [0.1, 0.15) is 71.1 Å². The number of nitrogens with one attached hydrogen (secondary N) is 2. The van der Waals surface area contributed by atoms with E-state index in [0.717, 1.165) is 25.0 Å². The Morgan fingerprint density at radius 2 is 1.27 bits per heavy atom. The highest BCUT2D eigenvalue weighted by atomic mass is 32.1. The summed E-state index contributed by atoms with van der Waals surface area (Å²) < 4.78 is 0. The summed E-state index contributed by atoms with van der Waals surface area (Å²) >= 11 is 4.19. The van der Waals surface area contributed by atoms with Crippen molar-refractivity contribution >= 4 is 30.5 Å². The zero-order valence-electron chi connectivity index (χ0n) is 13.5. The molecule has 1 saturated heterocycles. The van der Waals surface area contributed by atoms with Crippen molar-refractivity contribution in [3.63, 3.8) is 0 Å². The largest absolute Gasteiger partial charge is 0.328 e. The van der Waals surface area contributed by atoms with Gasteiger partial charge in [0.2, 0.25) is 11.8 Å². The molecule has 1 fully saturated rings. The number of barbiturate groups is 1. The van der Waals surface area contributed by atoms with Crippen molar-refractivity contribution in [3.05, 3.63) is 0 Å². The van der Waals surface area contributed by atoms with Gasteiger partial charge in [0.05, 0.1) is 0 Å². The maximum Gasteiger partial charge on any atom is 0.328 e. The third kappa shape index (κ3) is 5.30. The van der Waals surface area contributed by atoms with Gasteiger partial charge in [-0.05, 0) is 25.0 Å². The fourth-order valence-corrected chi connectivity index (χ4v) is 3.13. The van der Waals surface area contributed by atoms with Gasteiger partial charge in [0.1, 0.15) is 5.41 Å². The molecular formula is C16H28N2O3S. The van der Waals surface area contributed by atoms with Crippen LogP contribution >= 0.6 is 12.6 Å². The van der Waals surface area contributed by atoms with Crippen LogP contribution in [0.2, 0.25) is 0 Å². The van der Waals surface area contributed by atoms with Gasteiger partial charge in [-0.25, -0.2) is 4.79 Å². The zero-order chi connectivity index (χ0) is 16.4. The molecule has 6 heteroatoms. The lowest BCUT2D eigenvalue weighted by molar-refractivity contribution is -0.145. The Bertz CT molecular complexity index is 379. The van der Waals surface area contributed by atoms with Gasteiger partial charge >= 0.3 is 6.03 Å². The molecule has 0 aromatic rings. The fourth-order valence-electron chi connectivity index (χ4n) is 2.90. The van der Waals surface area contributed by atoms with Crippen molar-refractivity contribution in [2.75, 3.05) is 5.75 Å². The molecule has 5 nitrogen and oxygen atoms in total. The first-order chi connectivity index (χ1) is 10.6. The van der Waals surface area contributed by atoms with E-state index < -0.39 is 23.3 Å². The number of imide groups is 2. The van der Waals surface area contributed by atoms with Crippen molar-refractivity contribution < 1.29 is 14.4 Å². The summed E-state index contributed by atoms with van der Waals surface area (Å²) in [5, 5.41) is 4.43. The average Bonchev–Trinajstić information content (AvgIpc) is 2.48. The smallest absolute Gasteiger partial charge is 0.277 e. The van der Waals surface area contributed by atoms with E-state index in [4.69, 9.17) is 0 Å². The number of urea groups is 1. The van der Waals surface area contributed by atoms with Crippen LogP contribution in [0.15, 0.2) is 0 Å². The SMILES string of the molecule is CCC1(CCCCCCCCCCS)C(=O)NC(=O)NC1=O. The van der Waals surface area contributed by atoms with Gasteiger partial charge in [0.25, 0.3) is 0 Å². The minimum atomic E-state index is -1.07. The molecule has 0 saturated carbocycles. The van der Waals surface area contributed by atoms with E-state index in [0.29, 0.717) is 12.8 Å². The number of carbonyl (C=O) groups excluding carboxylic acids is 3. The average molecular weight is 328 g/mol. The van der Waals surface area contributed by atoms with Gasteiger partial charge in [-0.3, -0.25) is 20.2 Å². The van der Waals surface area contributed by atoms with Crippen molar-refractivity contribution in [2.45, 2.75) is 71.1 Å². The van der Waals surface area contributed by atoms with Crippen LogP contribution in [0.5, 0.6) is 0 Å². The van der Waals surface area contributed by atoms with E-state index in [2.05, 4.69) is 23.3 Å². The van der Waals surface area contributed by atoms with Crippen LogP contribution in [-0.4, -0.2) is 23.6 Å². The number of hydrogen-bond acceptors (Lipinski definition) is 4. The summed E-state index contributed by atoms with van der Waals surface area (Å²) in [5.74, 6) is 0.0668. The molecule has 1 aliphatic rings. The van der Waals surface area contributed by atoms with E-state index in [-0.39, 0.29) is 0 Å². The predicted molar refractivity (Wildman–Crippen MR) is 89.8 cm³/mol. The lowest BCUT2D eigenvalue weighted by Crippen LogP contribution is -2.62. The highest BCUT2D eigenvalue weighted by Crippen LogP contribution is 2.31. The predicted octanol–water partition coefficient (Wildman–Crippen LogP) is 3.19. The molecule has 0 aromatic heterocycles. The van der Waals surface area contributed by atoms with Crippen molar-refractivity contribution in [1.82, 2.24) is 10.6 Å². The van der Waals surface area contributed by atoms with Crippen LogP contribution < -0.4 is 10.6 Å². The molecule has 0 aromatic carbocycles. The minimum Gasteiger partial charge on any atom is -0.277 e. The first kappa shape index (κ1) is 19.0. The summed E-state index contributed by atoms with van der Waals surface area (Å²) in [5.41, 5.74) is -1.07. The highest BCUT2D eigenvalue weighted by Gasteiger charge is 2.48. The minimum absolute atomic E-state index is 0.418. The van der Waals surface area contributed by atoms with E-state index >= 15 is 0 Å². The van der Waals surface area contributed by atoms with Crippen molar-refractivity contribution in [2.24, 2.45) is 5.41 Å². The topological polar surface area (TPSA) is 75.3 Å². The van der Waals surface area contributed by atoms with Gasteiger partial charge in [0.15, 0.2) is 0 Å². The maximum atomic E-state index is 12.0. The third-order valence-corrected chi connectivity index (χ3v) is 4.75. The molecule has 1 aliphatic heterocycles. The van der Waals surface area contributed by atoms with Crippen molar-refractivity contribution in [1.29, 1.82) is 0 Å². The number of hydrogen-bond donors (Lipinski definition) is 3. The number of carbonyl (C=O) groups is 3. The Kier molecular flexibility index (Phi) is 8.53. The summed E-state index contributed by atoms with van der Waals surface area (Å²) in [6.45, 7) is 1.82. The first-order valence-corrected chi connectivity index (χ1v) is 8.98. The second kappa shape index (κ2) is 9.87. The lowest BCUT2D eigenvalue weighted by atomic mass is 9.77. The van der Waals surface area contributed by atoms with E-state index in [1.165, 1.54) is 32.1 Å². The van der Waals surface area contributed by atoms with Crippen LogP contribution in [-0.2, 0) is 9.59 Å². The van der Waals surface area contributed by atoms with E-state index in [9.17, 15) is 14.4 Å². The van der Waals surface area contributed by atoms with Gasteiger partial charge < -0.3 is 0 Å². The number of rotatable bonds is 11. The Morgan fingerprint density at radius 1 is 0.818 bits per heavy atom. The third-order valence-electron chi connectivity index (χ3n) is 4.44. The second-order valence-corrected chi connectivity index (χ2v) is 6.42. The monoisotopic (exact) mass is 328 g/mol. The molecule has 0 spiro atoms. The molecule has 2 N–H and O–H groups in total. The van der Waals surface area contributed by atoms with Gasteiger partial charge in [0, 0.05) is 0 Å². The number of thiol groups is 1. The van der Waals surface area contributed by atoms with Gasteiger partial charge in [-0.15, -0.1) is 0 Å². The molecule has 1 rings (SSSR count). The molecule has 0 bridgehead atoms. The first-order valence-electron chi connectivity index (χ1n) is 8.34. The van der Waals surface area contributed by atoms with E-state index in [1.807, 2.05) is 6.92 Å². The molecule has 0 unspecified atom stereocenters. The molecule has 0 aliphatic carbocycles. The molecule has 4 amide bonds. The van der Waals surface area contributed by atoms with Crippen LogP contribution in [0.3, 0.4) is 0 Å². The normalized spacial score (nSPS) is 17.3. The standard InChI is InChI=1S/C16H28N2O3S/c1-2-16(13(19)17-15(21)18-14(16)20)11-9-7-5-3-4-6-8-10-12-22/h22H,2-12H2,1H3,(H2,17,18,19,20,21). The van der Waals surface area contributed by atoms with Crippen LogP contribution in [0.4, 0.5) is 4.79 Å². The zero-order valence-corrected chi connectivity index (χ0v) is 14.3. The van der Waals surface area contributed by atoms with Crippen LogP contribution in [0, 0.1) is 5.41 Å². The van der Waals surface area contributed by atoms with Gasteiger partial charge in [-0.2, -0.15) is 12.6 Å². The quantitative estimate of drug-likeness (QED) is 0.310. The second-order valence-electron chi connectivity index (χ2n) is 5.98. The fraction of sp³-hybridized carbons (Fsp3) is 0.812. The van der Waals surface area contributed by atoms with Gasteiger partial charge in [-0.1, -0.05) is 51.9 Å². The summed E-state index contributed by atoms with van der Waals surface area (Å²) in [6.07, 6.45) is 10.0. The lowest BCUT2D eigenvalue weighted by Gasteiger charge is -2.33. The Hall–Kier alpha value is -1.04. The molecule has 1 heterocycles. The molecular weight excluding hydrogens is 300 g/mol. The number of unbranched alkanes of at least 4 members (excludes halogenated alkanes) is 7. The summed E-state index contributed by atoms with van der Waals surface area (Å²) in [4.78, 5) is 35.2. The summed E-state index contributed by atoms with van der Waals surface area (Å²) in [6, 6.07) is -0.708. The Labute approximate surface area is 138 Å². The summed E-state index contributed by atoms with van der Waals surface area (Å²) in [7, 11) is 0. The highest BCUT2D eigenvalue weighted by molar-refractivity contribution is 7.80. The number of amides is 4. The molecule has 22 heavy (non-hydrogen) atoms. The molecule has 0 atom stereocenters.